The number of methoxy groups -OCH3 is 6. The van der Waals surface area contributed by atoms with Crippen LogP contribution in [-0.4, -0.2) is 151 Å². The molecule has 3 aromatic carbocycles. The zero-order chi connectivity index (χ0) is 119. The molecule has 6 aliphatic heterocycles. The van der Waals surface area contributed by atoms with Crippen molar-refractivity contribution in [3.05, 3.63) is 69.6 Å². The van der Waals surface area contributed by atoms with E-state index in [-0.39, 0.29) is 14.7 Å². The van der Waals surface area contributed by atoms with Crippen LogP contribution in [0.25, 0.3) is 0 Å². The van der Waals surface area contributed by atoms with Crippen LogP contribution in [0.15, 0.2) is 36.3 Å². The molecular weight excluding hydrogens is 1140 g/mol. The molecule has 0 saturated carbocycles. The van der Waals surface area contributed by atoms with Crippen molar-refractivity contribution < 1.29 is 141 Å². The molecule has 90 heavy (non-hydrogen) atoms. The minimum absolute atomic E-state index is 0.0424. The summed E-state index contributed by atoms with van der Waals surface area (Å²) in [5, 5.41) is 0. The first-order chi connectivity index (χ1) is 66.4. The second-order valence-electron chi connectivity index (χ2n) is 21.0. The summed E-state index contributed by atoms with van der Waals surface area (Å²) in [5.41, 5.74) is 11.0. The second kappa shape index (κ2) is 32.5. The number of fused-ring (bicyclic) bond motifs is 9. The van der Waals surface area contributed by atoms with Gasteiger partial charge in [-0.2, -0.15) is 0 Å². The molecule has 6 aliphatic rings. The maximum absolute atomic E-state index is 13.8. The third-order valence-corrected chi connectivity index (χ3v) is 13.1. The van der Waals surface area contributed by atoms with Crippen LogP contribution >= 0.6 is 0 Å². The number of carbonyl (C=O) groups is 3. The van der Waals surface area contributed by atoms with Crippen LogP contribution in [0.4, 0.5) is 0 Å². The number of hydrogen-bond acceptors (Lipinski definition) is 18. The summed E-state index contributed by atoms with van der Waals surface area (Å²) in [6.45, 7) is -37.8. The number of nitrogens with two attached hydrogens (primary N) is 3. The smallest absolute Gasteiger partial charge is 0.323 e. The molecule has 0 aromatic heterocycles. The Morgan fingerprint density at radius 3 is 1.11 bits per heavy atom. The second-order valence-corrected chi connectivity index (χ2v) is 21.0. The zero-order valence-electron chi connectivity index (χ0n) is 112. The molecule has 0 radical (unpaired) electrons. The van der Waals surface area contributed by atoms with E-state index in [1.54, 1.807) is 0 Å². The molecule has 0 spiro atoms. The largest absolute Gasteiger partial charge is 0.493 e. The van der Waals surface area contributed by atoms with Gasteiger partial charge in [0.15, 0.2) is 34.5 Å². The summed E-state index contributed by atoms with van der Waals surface area (Å²) in [4.78, 5) is 41.2. The van der Waals surface area contributed by atoms with Gasteiger partial charge in [-0.3, -0.25) is 29.1 Å². The van der Waals surface area contributed by atoms with Crippen LogP contribution in [0.3, 0.4) is 0 Å². The average Bonchev–Trinajstić information content (AvgIpc) is 1.45. The molecule has 9 unspecified atom stereocenters. The van der Waals surface area contributed by atoms with Gasteiger partial charge in [-0.15, -0.1) is 0 Å². The van der Waals surface area contributed by atoms with E-state index in [2.05, 4.69) is 0 Å². The SMILES string of the molecule is [2H]c1c(OC)c(OC([2H])([2H])[2H])c([2H])c2c1C1N(C([2H])([2H])C2([2H])[2H])C([2H])([2H])C([2H])(CC(C)C)C(OC(=O)[C@@]([2H])(N)C([2H])(C([2H])([2H])[2H])C([2H])([2H])[2H])C1([2H])[2H].[2H]c1c(OC)c(OC)c([2H])c2c1C1N(C([2H])([2H])C2([2H])[2H])C([2H])([2H])C([2H])(CC(C)C)C(OC(=O)[C@@]([2H])(N)C([2H])(C([2H])([2H])[2H])C([2H])([2H])[2H])C1([2H])[2H].[2H]c1c(OC)c(OC)c([2H])c2c1C1N(C([2H])([2H])C2([2H])[2H])C([2H])([2H])C([2H])(CC(C)C)C([2H])(OC(=O)[C@@]([2H])(N)C([2H])(C([2H])([2H])[2H])C([2H])([2H])[2H])C1([2H])[2H]. The van der Waals surface area contributed by atoms with Crippen molar-refractivity contribution in [1.29, 1.82) is 0 Å². The fourth-order valence-electron chi connectivity index (χ4n) is 8.95. The Bertz CT molecular complexity index is 5650. The van der Waals surface area contributed by atoms with Crippen molar-refractivity contribution in [2.45, 2.75) is 195 Å². The molecule has 6 N–H and O–H groups in total. The lowest BCUT2D eigenvalue weighted by Gasteiger charge is -2.47. The highest BCUT2D eigenvalue weighted by atomic mass is 16.6. The van der Waals surface area contributed by atoms with Crippen LogP contribution in [-0.2, 0) is 47.7 Å². The number of carbonyl (C=O) groups excluding carboxylic acids is 3. The van der Waals surface area contributed by atoms with Gasteiger partial charge in [0.25, 0.3) is 0 Å². The molecule has 3 saturated heterocycles. The summed E-state index contributed by atoms with van der Waals surface area (Å²) in [6.07, 6.45) is -34.0. The van der Waals surface area contributed by atoms with Crippen LogP contribution in [0, 0.1) is 53.1 Å². The first-order valence-corrected chi connectivity index (χ1v) is 27.2. The maximum Gasteiger partial charge on any atom is 0.323 e. The minimum Gasteiger partial charge on any atom is -0.493 e. The average molecular weight is 1320 g/mol. The number of hydrogen-bond donors (Lipinski definition) is 3. The lowest BCUT2D eigenvalue weighted by atomic mass is 9.79. The van der Waals surface area contributed by atoms with Gasteiger partial charge in [-0.1, -0.05) is 82.7 Å². The molecule has 3 fully saturated rings. The fraction of sp³-hybridized carbons (Fsp3) is 0.708. The molecule has 3 aromatic rings. The number of piperidine rings is 3. The molecular formula is C72H114N6O12. The third kappa shape index (κ3) is 17.5. The monoisotopic (exact) mass is 1320 g/mol. The summed E-state index contributed by atoms with van der Waals surface area (Å²) in [6, 6.07) is -26.4. The molecule has 0 aliphatic carbocycles. The van der Waals surface area contributed by atoms with E-state index in [0.29, 0.717) is 0 Å². The van der Waals surface area contributed by atoms with Gasteiger partial charge >= 0.3 is 17.9 Å². The van der Waals surface area contributed by atoms with Crippen molar-refractivity contribution in [2.24, 2.45) is 70.3 Å². The molecule has 12 atom stereocenters. The van der Waals surface area contributed by atoms with E-state index in [1.165, 1.54) is 41.5 Å². The molecule has 504 valence electrons. The maximum atomic E-state index is 13.8. The Labute approximate surface area is 625 Å². The van der Waals surface area contributed by atoms with Crippen molar-refractivity contribution in [3.63, 3.8) is 0 Å². The standard InChI is InChI=1S/3C24H38N2O4/c3*1-14(2)9-17-13-26-8-7-16-10-21(28-5)22(29-6)11-18(16)19(26)12-20(17)30-24(27)23(25)15(3)4/h3*10-11,14-15,17,19-20,23H,7-9,12-13,25H2,1-6H3/t3*17?,19?,20?,23-/m000/s1/i3D3,4D3,7D2,8D2,10D,11D,12D2,13D2,15D,17D,20D,23D;3D3,4D3,5D3,7D2,8D2,10D,11D,12D2,13D2,15D,17D,23D;3D3,4D3,7D2,8D2,10D,11D,12D2,13D2,15D,17D,23D. The van der Waals surface area contributed by atoms with Crippen molar-refractivity contribution >= 4 is 17.9 Å². The van der Waals surface area contributed by atoms with E-state index in [4.69, 9.17) is 122 Å². The third-order valence-electron chi connectivity index (χ3n) is 13.1. The van der Waals surface area contributed by atoms with E-state index >= 15 is 0 Å². The van der Waals surface area contributed by atoms with Crippen LogP contribution in [0.2, 0.25) is 0 Å². The molecule has 0 bridgehead atoms. The number of rotatable bonds is 21. The van der Waals surface area contributed by atoms with Crippen molar-refractivity contribution in [3.8, 4) is 34.5 Å². The van der Waals surface area contributed by atoms with Gasteiger partial charge in [0.1, 0.15) is 36.3 Å². The lowest BCUT2D eigenvalue weighted by molar-refractivity contribution is -0.161. The summed E-state index contributed by atoms with van der Waals surface area (Å²) >= 11 is 0. The number of esters is 3. The van der Waals surface area contributed by atoms with E-state index in [1.807, 2.05) is 0 Å². The quantitative estimate of drug-likeness (QED) is 0.0666. The van der Waals surface area contributed by atoms with E-state index in [0.717, 1.165) is 35.5 Å². The highest BCUT2D eigenvalue weighted by Crippen LogP contribution is 2.48. The summed E-state index contributed by atoms with van der Waals surface area (Å²) in [5.74, 6) is -36.6. The first-order valence-electron chi connectivity index (χ1n) is 57.7. The normalized spacial score (nSPS) is 47.2. The predicted molar refractivity (Wildman–Crippen MR) is 353 cm³/mol. The van der Waals surface area contributed by atoms with E-state index < -0.39 is 374 Å². The summed E-state index contributed by atoms with van der Waals surface area (Å²) < 4.78 is 565. The highest BCUT2D eigenvalue weighted by molar-refractivity contribution is 5.77. The van der Waals surface area contributed by atoms with Gasteiger partial charge in [-0.25, -0.2) is 0 Å². The molecule has 9 rings (SSSR count). The minimum atomic E-state index is -4.22. The highest BCUT2D eigenvalue weighted by Gasteiger charge is 2.45. The molecule has 0 amide bonds. The Morgan fingerprint density at radius 1 is 0.489 bits per heavy atom. The Morgan fingerprint density at radius 2 is 0.789 bits per heavy atom. The Balaban J connectivity index is 0.000000306. The number of nitrogens with zero attached hydrogens (tertiary/aromatic N) is 3. The number of benzene rings is 3. The van der Waals surface area contributed by atoms with Gasteiger partial charge < -0.3 is 59.8 Å². The van der Waals surface area contributed by atoms with Gasteiger partial charge in [0, 0.05) is 160 Å². The van der Waals surface area contributed by atoms with Crippen molar-refractivity contribution in [2.75, 3.05) is 81.6 Å². The van der Waals surface area contributed by atoms with Gasteiger partial charge in [-0.05, 0) is 143 Å². The van der Waals surface area contributed by atoms with Crippen molar-refractivity contribution in [1.82, 2.24) is 14.7 Å². The fourth-order valence-corrected chi connectivity index (χ4v) is 8.95. The van der Waals surface area contributed by atoms with Crippen LogP contribution < -0.4 is 45.6 Å². The Kier molecular flexibility index (Phi) is 9.29. The summed E-state index contributed by atoms with van der Waals surface area (Å²) in [7, 11) is 1.60. The molecule has 6 heterocycles. The first kappa shape index (κ1) is 25.7. The van der Waals surface area contributed by atoms with Crippen LogP contribution in [0.1, 0.15) is 256 Å². The van der Waals surface area contributed by atoms with Gasteiger partial charge in [0.2, 0.25) is 0 Å². The number of ether oxygens (including phenoxy) is 9. The van der Waals surface area contributed by atoms with Crippen LogP contribution in [0.5, 0.6) is 34.5 Å². The lowest BCUT2D eigenvalue weighted by Crippen LogP contribution is -2.51. The molecule has 18 heteroatoms. The topological polar surface area (TPSA) is 222 Å². The van der Waals surface area contributed by atoms with E-state index in [9.17, 15) is 36.3 Å². The molecule has 18 nitrogen and oxygen atoms in total. The zero-order valence-corrected chi connectivity index (χ0v) is 50.7. The Hall–Kier alpha value is -5.37. The van der Waals surface area contributed by atoms with Gasteiger partial charge in [0.05, 0.1) is 60.4 Å². The predicted octanol–water partition coefficient (Wildman–Crippen LogP) is 10.7.